The Bertz CT molecular complexity index is 624. The number of nitrogens with zero attached hydrogens (tertiary/aromatic N) is 4. The molecule has 20 heavy (non-hydrogen) atoms. The summed E-state index contributed by atoms with van der Waals surface area (Å²) in [4.78, 5) is 2.55. The van der Waals surface area contributed by atoms with Crippen molar-refractivity contribution < 1.29 is 8.42 Å². The fraction of sp³-hybridized carbons (Fsp3) is 0.750. The van der Waals surface area contributed by atoms with Crippen molar-refractivity contribution in [3.63, 3.8) is 0 Å². The molecule has 2 saturated heterocycles. The zero-order valence-electron chi connectivity index (χ0n) is 11.9. The zero-order valence-corrected chi connectivity index (χ0v) is 12.7. The summed E-state index contributed by atoms with van der Waals surface area (Å²) in [6.07, 6.45) is 2.24. The Hall–Kier alpha value is -1.12. The van der Waals surface area contributed by atoms with Gasteiger partial charge in [-0.1, -0.05) is 0 Å². The summed E-state index contributed by atoms with van der Waals surface area (Å²) in [5.74, 6) is 0.0962. The van der Waals surface area contributed by atoms with Gasteiger partial charge in [-0.15, -0.1) is 0 Å². The van der Waals surface area contributed by atoms with Gasteiger partial charge >= 0.3 is 0 Å². The average molecular weight is 299 g/mol. The molecule has 0 aliphatic carbocycles. The van der Waals surface area contributed by atoms with Crippen molar-refractivity contribution in [2.24, 2.45) is 7.05 Å². The van der Waals surface area contributed by atoms with Crippen LogP contribution in [0, 0.1) is 6.92 Å². The van der Waals surface area contributed by atoms with Gasteiger partial charge in [0.25, 0.3) is 0 Å². The highest BCUT2D eigenvalue weighted by Crippen LogP contribution is 2.29. The van der Waals surface area contributed by atoms with E-state index in [2.05, 4.69) is 10.00 Å². The first-order chi connectivity index (χ1) is 9.41. The maximum absolute atomic E-state index is 12.8. The van der Waals surface area contributed by atoms with Crippen LogP contribution in [0.2, 0.25) is 0 Å². The molecule has 0 saturated carbocycles. The number of fused-ring (bicyclic) bond motifs is 1. The Morgan fingerprint density at radius 2 is 2.05 bits per heavy atom. The Morgan fingerprint density at radius 1 is 1.30 bits per heavy atom. The van der Waals surface area contributed by atoms with E-state index in [0.29, 0.717) is 24.8 Å². The summed E-state index contributed by atoms with van der Waals surface area (Å²) >= 11 is 0. The zero-order chi connectivity index (χ0) is 14.5. The van der Waals surface area contributed by atoms with Crippen molar-refractivity contribution in [3.05, 3.63) is 5.69 Å². The van der Waals surface area contributed by atoms with Gasteiger partial charge in [0.2, 0.25) is 10.0 Å². The molecule has 1 unspecified atom stereocenters. The number of aromatic nitrogens is 2. The van der Waals surface area contributed by atoms with Crippen LogP contribution in [0.25, 0.3) is 0 Å². The molecule has 7 nitrogen and oxygen atoms in total. The summed E-state index contributed by atoms with van der Waals surface area (Å²) in [5, 5.41) is 4.02. The van der Waals surface area contributed by atoms with Gasteiger partial charge in [0.05, 0.1) is 5.69 Å². The molecule has 0 spiro atoms. The molecule has 1 atom stereocenters. The molecular formula is C12H21N5O2S. The third-order valence-corrected chi connectivity index (χ3v) is 6.48. The summed E-state index contributed by atoms with van der Waals surface area (Å²) in [6.45, 7) is 4.74. The van der Waals surface area contributed by atoms with Gasteiger partial charge in [-0.05, 0) is 26.3 Å². The third-order valence-electron chi connectivity index (χ3n) is 4.45. The number of hydrogen-bond acceptors (Lipinski definition) is 5. The van der Waals surface area contributed by atoms with Gasteiger partial charge in [0, 0.05) is 32.7 Å². The Labute approximate surface area is 119 Å². The predicted octanol–water partition coefficient (Wildman–Crippen LogP) is -0.221. The fourth-order valence-electron chi connectivity index (χ4n) is 3.24. The molecule has 1 aromatic rings. The Balaban J connectivity index is 1.92. The molecule has 2 fully saturated rings. The van der Waals surface area contributed by atoms with Crippen LogP contribution in [0.4, 0.5) is 5.82 Å². The molecule has 1 aromatic heterocycles. The molecule has 2 aliphatic heterocycles. The number of nitrogen functional groups attached to an aromatic ring is 1. The van der Waals surface area contributed by atoms with Gasteiger partial charge in [0.1, 0.15) is 4.90 Å². The van der Waals surface area contributed by atoms with Crippen LogP contribution in [0.1, 0.15) is 18.5 Å². The second-order valence-corrected chi connectivity index (χ2v) is 7.49. The molecule has 112 valence electrons. The number of anilines is 1. The number of nitrogens with two attached hydrogens (primary N) is 1. The van der Waals surface area contributed by atoms with E-state index >= 15 is 0 Å². The lowest BCUT2D eigenvalue weighted by Crippen LogP contribution is -2.52. The molecule has 3 rings (SSSR count). The second kappa shape index (κ2) is 4.71. The molecule has 0 amide bonds. The number of aryl methyl sites for hydroxylation is 1. The number of sulfonamides is 1. The SMILES string of the molecule is Cc1c(S(=O)(=O)N2CCN3CCCC3C2)c(N)nn1C. The first kappa shape index (κ1) is 13.8. The Morgan fingerprint density at radius 3 is 2.70 bits per heavy atom. The highest BCUT2D eigenvalue weighted by atomic mass is 32.2. The normalized spacial score (nSPS) is 25.0. The maximum atomic E-state index is 12.8. The molecule has 0 aromatic carbocycles. The van der Waals surface area contributed by atoms with E-state index < -0.39 is 10.0 Å². The summed E-state index contributed by atoms with van der Waals surface area (Å²) in [5.41, 5.74) is 6.39. The van der Waals surface area contributed by atoms with Crippen LogP contribution in [0.15, 0.2) is 4.90 Å². The van der Waals surface area contributed by atoms with Gasteiger partial charge in [-0.25, -0.2) is 8.42 Å². The van der Waals surface area contributed by atoms with Crippen LogP contribution in [-0.2, 0) is 17.1 Å². The predicted molar refractivity (Wildman–Crippen MR) is 75.7 cm³/mol. The van der Waals surface area contributed by atoms with Gasteiger partial charge in [-0.3, -0.25) is 9.58 Å². The van der Waals surface area contributed by atoms with E-state index in [9.17, 15) is 8.42 Å². The molecule has 0 bridgehead atoms. The van der Waals surface area contributed by atoms with Crippen molar-refractivity contribution in [2.75, 3.05) is 31.9 Å². The minimum atomic E-state index is -3.54. The van der Waals surface area contributed by atoms with E-state index in [1.807, 2.05) is 0 Å². The fourth-order valence-corrected chi connectivity index (χ4v) is 5.00. The van der Waals surface area contributed by atoms with Crippen molar-refractivity contribution in [1.29, 1.82) is 0 Å². The Kier molecular flexibility index (Phi) is 3.26. The lowest BCUT2D eigenvalue weighted by molar-refractivity contribution is 0.158. The minimum Gasteiger partial charge on any atom is -0.381 e. The topological polar surface area (TPSA) is 84.5 Å². The van der Waals surface area contributed by atoms with E-state index in [0.717, 1.165) is 25.9 Å². The largest absolute Gasteiger partial charge is 0.381 e. The monoisotopic (exact) mass is 299 g/mol. The van der Waals surface area contributed by atoms with Crippen molar-refractivity contribution in [1.82, 2.24) is 19.0 Å². The summed E-state index contributed by atoms with van der Waals surface area (Å²) in [7, 11) is -1.83. The molecule has 2 N–H and O–H groups in total. The van der Waals surface area contributed by atoms with E-state index in [1.165, 1.54) is 4.68 Å². The van der Waals surface area contributed by atoms with Gasteiger partial charge in [0.15, 0.2) is 5.82 Å². The second-order valence-electron chi connectivity index (χ2n) is 5.62. The number of hydrogen-bond donors (Lipinski definition) is 1. The molecular weight excluding hydrogens is 278 g/mol. The lowest BCUT2D eigenvalue weighted by atomic mass is 10.2. The number of rotatable bonds is 2. The minimum absolute atomic E-state index is 0.0962. The van der Waals surface area contributed by atoms with Crippen molar-refractivity contribution >= 4 is 15.8 Å². The maximum Gasteiger partial charge on any atom is 0.248 e. The van der Waals surface area contributed by atoms with Crippen molar-refractivity contribution in [2.45, 2.75) is 30.7 Å². The van der Waals surface area contributed by atoms with Gasteiger partial charge in [-0.2, -0.15) is 9.40 Å². The highest BCUT2D eigenvalue weighted by molar-refractivity contribution is 7.89. The molecule has 3 heterocycles. The number of piperazine rings is 1. The molecule has 2 aliphatic rings. The first-order valence-electron chi connectivity index (χ1n) is 6.94. The van der Waals surface area contributed by atoms with Crippen molar-refractivity contribution in [3.8, 4) is 0 Å². The smallest absolute Gasteiger partial charge is 0.248 e. The average Bonchev–Trinajstić information content (AvgIpc) is 2.94. The van der Waals surface area contributed by atoms with Crippen LogP contribution in [-0.4, -0.2) is 59.6 Å². The first-order valence-corrected chi connectivity index (χ1v) is 8.38. The van der Waals surface area contributed by atoms with E-state index in [1.54, 1.807) is 18.3 Å². The van der Waals surface area contributed by atoms with Crippen LogP contribution >= 0.6 is 0 Å². The van der Waals surface area contributed by atoms with Gasteiger partial charge < -0.3 is 5.73 Å². The lowest BCUT2D eigenvalue weighted by Gasteiger charge is -2.36. The highest BCUT2D eigenvalue weighted by Gasteiger charge is 2.38. The third kappa shape index (κ3) is 2.02. The molecule has 8 heteroatoms. The van der Waals surface area contributed by atoms with Crippen LogP contribution in [0.5, 0.6) is 0 Å². The van der Waals surface area contributed by atoms with Crippen LogP contribution < -0.4 is 5.73 Å². The summed E-state index contributed by atoms with van der Waals surface area (Å²) in [6, 6.07) is 0.358. The quantitative estimate of drug-likeness (QED) is 0.816. The summed E-state index contributed by atoms with van der Waals surface area (Å²) < 4.78 is 28.7. The van der Waals surface area contributed by atoms with E-state index in [4.69, 9.17) is 5.73 Å². The standard InChI is InChI=1S/C12H21N5O2S/c1-9-11(12(13)14-15(9)2)20(18,19)17-7-6-16-5-3-4-10(16)8-17/h10H,3-8H2,1-2H3,(H2,13,14). The van der Waals surface area contributed by atoms with E-state index in [-0.39, 0.29) is 10.7 Å². The van der Waals surface area contributed by atoms with Crippen LogP contribution in [0.3, 0.4) is 0 Å². The molecule has 0 radical (unpaired) electrons.